The summed E-state index contributed by atoms with van der Waals surface area (Å²) >= 11 is 0. The number of nitrogens with one attached hydrogen (secondary N) is 1. The number of anilines is 1. The third-order valence-electron chi connectivity index (χ3n) is 2.99. The number of hydrogen-bond donors (Lipinski definition) is 2. The average molecular weight is 279 g/mol. The predicted octanol–water partition coefficient (Wildman–Crippen LogP) is 1.66. The highest BCUT2D eigenvalue weighted by Crippen LogP contribution is 2.22. The van der Waals surface area contributed by atoms with Gasteiger partial charge in [-0.15, -0.1) is 0 Å². The van der Waals surface area contributed by atoms with Crippen LogP contribution < -0.4 is 10.1 Å². The maximum absolute atomic E-state index is 12.0. The highest BCUT2D eigenvalue weighted by atomic mass is 16.5. The quantitative estimate of drug-likeness (QED) is 0.856. The van der Waals surface area contributed by atoms with Crippen molar-refractivity contribution >= 4 is 17.6 Å². The van der Waals surface area contributed by atoms with Crippen LogP contribution in [0.4, 0.5) is 5.69 Å². The lowest BCUT2D eigenvalue weighted by Gasteiger charge is -2.12. The fraction of sp³-hybridized carbons (Fsp3) is 0.429. The van der Waals surface area contributed by atoms with Gasteiger partial charge in [0.1, 0.15) is 11.9 Å². The lowest BCUT2D eigenvalue weighted by Crippen LogP contribution is -2.27. The van der Waals surface area contributed by atoms with E-state index in [2.05, 4.69) is 5.32 Å². The van der Waals surface area contributed by atoms with Gasteiger partial charge in [-0.25, -0.2) is 4.79 Å². The minimum absolute atomic E-state index is 0.107. The Morgan fingerprint density at radius 2 is 2.25 bits per heavy atom. The van der Waals surface area contributed by atoms with Crippen LogP contribution in [0.15, 0.2) is 24.3 Å². The van der Waals surface area contributed by atoms with E-state index in [0.717, 1.165) is 6.42 Å². The van der Waals surface area contributed by atoms with Crippen molar-refractivity contribution in [1.29, 1.82) is 0 Å². The smallest absolute Gasteiger partial charge is 0.341 e. The second-order valence-corrected chi connectivity index (χ2v) is 4.71. The molecule has 1 heterocycles. The fourth-order valence-electron chi connectivity index (χ4n) is 2.03. The minimum Gasteiger partial charge on any atom is -0.482 e. The zero-order valence-corrected chi connectivity index (χ0v) is 11.2. The van der Waals surface area contributed by atoms with E-state index in [-0.39, 0.29) is 12.0 Å². The molecule has 108 valence electrons. The van der Waals surface area contributed by atoms with Crippen molar-refractivity contribution in [2.75, 3.05) is 11.9 Å². The standard InChI is InChI=1S/C14H17NO5/c1-9-5-6-12(20-9)14(18)15-10-3-2-4-11(7-10)19-8-13(16)17/h2-4,7,9,12H,5-6,8H2,1H3,(H,15,18)(H,16,17). The number of hydrogen-bond acceptors (Lipinski definition) is 4. The highest BCUT2D eigenvalue weighted by molar-refractivity contribution is 5.94. The third-order valence-corrected chi connectivity index (χ3v) is 2.99. The minimum atomic E-state index is -1.05. The van der Waals surface area contributed by atoms with Crippen molar-refractivity contribution in [1.82, 2.24) is 0 Å². The summed E-state index contributed by atoms with van der Waals surface area (Å²) < 4.78 is 10.5. The molecule has 0 aromatic heterocycles. The van der Waals surface area contributed by atoms with Gasteiger partial charge in [0.05, 0.1) is 6.10 Å². The van der Waals surface area contributed by atoms with Crippen molar-refractivity contribution in [2.24, 2.45) is 0 Å². The normalized spacial score (nSPS) is 21.4. The first-order chi connectivity index (χ1) is 9.54. The molecular formula is C14H17NO5. The van der Waals surface area contributed by atoms with Crippen molar-refractivity contribution in [3.05, 3.63) is 24.3 Å². The van der Waals surface area contributed by atoms with Crippen molar-refractivity contribution < 1.29 is 24.2 Å². The number of carboxylic acids is 1. The van der Waals surface area contributed by atoms with Crippen LogP contribution in [0.2, 0.25) is 0 Å². The van der Waals surface area contributed by atoms with Gasteiger partial charge in [-0.3, -0.25) is 4.79 Å². The molecule has 0 bridgehead atoms. The Morgan fingerprint density at radius 1 is 1.45 bits per heavy atom. The Labute approximate surface area is 116 Å². The molecule has 1 aromatic rings. The molecule has 2 N–H and O–H groups in total. The van der Waals surface area contributed by atoms with Gasteiger partial charge in [0, 0.05) is 11.8 Å². The van der Waals surface area contributed by atoms with Gasteiger partial charge in [0.2, 0.25) is 0 Å². The monoisotopic (exact) mass is 279 g/mol. The summed E-state index contributed by atoms with van der Waals surface area (Å²) in [5, 5.41) is 11.3. The molecule has 1 aliphatic heterocycles. The summed E-state index contributed by atoms with van der Waals surface area (Å²) in [6.45, 7) is 1.52. The van der Waals surface area contributed by atoms with Gasteiger partial charge in [0.25, 0.3) is 5.91 Å². The van der Waals surface area contributed by atoms with E-state index in [0.29, 0.717) is 17.9 Å². The highest BCUT2D eigenvalue weighted by Gasteiger charge is 2.28. The van der Waals surface area contributed by atoms with E-state index in [1.807, 2.05) is 6.92 Å². The molecule has 6 nitrogen and oxygen atoms in total. The zero-order valence-electron chi connectivity index (χ0n) is 11.2. The van der Waals surface area contributed by atoms with Gasteiger partial charge < -0.3 is 19.9 Å². The van der Waals surface area contributed by atoms with Crippen LogP contribution in [0.5, 0.6) is 5.75 Å². The first-order valence-electron chi connectivity index (χ1n) is 6.45. The van der Waals surface area contributed by atoms with Crippen LogP contribution in [0.1, 0.15) is 19.8 Å². The van der Waals surface area contributed by atoms with Gasteiger partial charge >= 0.3 is 5.97 Å². The maximum atomic E-state index is 12.0. The Hall–Kier alpha value is -2.08. The molecule has 0 radical (unpaired) electrons. The number of ether oxygens (including phenoxy) is 2. The molecule has 1 aromatic carbocycles. The number of aliphatic carboxylic acids is 1. The van der Waals surface area contributed by atoms with Crippen molar-refractivity contribution in [3.8, 4) is 5.75 Å². The van der Waals surface area contributed by atoms with Crippen LogP contribution in [-0.2, 0) is 14.3 Å². The number of rotatable bonds is 5. The average Bonchev–Trinajstić information content (AvgIpc) is 2.84. The van der Waals surface area contributed by atoms with Gasteiger partial charge in [-0.05, 0) is 31.9 Å². The largest absolute Gasteiger partial charge is 0.482 e. The molecule has 2 rings (SSSR count). The Bertz CT molecular complexity index is 502. The molecule has 1 saturated heterocycles. The Kier molecular flexibility index (Phi) is 4.57. The first-order valence-corrected chi connectivity index (χ1v) is 6.45. The summed E-state index contributed by atoms with van der Waals surface area (Å²) in [6, 6.07) is 6.61. The van der Waals surface area contributed by atoms with Crippen LogP contribution in [0, 0.1) is 0 Å². The lowest BCUT2D eigenvalue weighted by molar-refractivity contribution is -0.139. The van der Waals surface area contributed by atoms with E-state index < -0.39 is 18.7 Å². The van der Waals surface area contributed by atoms with E-state index in [4.69, 9.17) is 14.6 Å². The summed E-state index contributed by atoms with van der Waals surface area (Å²) in [5.74, 6) is -0.844. The van der Waals surface area contributed by atoms with Crippen LogP contribution in [-0.4, -0.2) is 35.8 Å². The lowest BCUT2D eigenvalue weighted by atomic mass is 10.2. The van der Waals surface area contributed by atoms with E-state index in [1.165, 1.54) is 0 Å². The van der Waals surface area contributed by atoms with Crippen LogP contribution in [0.3, 0.4) is 0 Å². The topological polar surface area (TPSA) is 84.9 Å². The van der Waals surface area contributed by atoms with Gasteiger partial charge in [0.15, 0.2) is 6.61 Å². The number of carbonyl (C=O) groups excluding carboxylic acids is 1. The first kappa shape index (κ1) is 14.3. The van der Waals surface area contributed by atoms with Crippen molar-refractivity contribution in [3.63, 3.8) is 0 Å². The molecule has 6 heteroatoms. The van der Waals surface area contributed by atoms with Crippen molar-refractivity contribution in [2.45, 2.75) is 32.0 Å². The zero-order chi connectivity index (χ0) is 14.5. The summed E-state index contributed by atoms with van der Waals surface area (Å²) in [4.78, 5) is 22.4. The summed E-state index contributed by atoms with van der Waals surface area (Å²) in [5.41, 5.74) is 0.557. The molecule has 1 amide bonds. The molecule has 0 aliphatic carbocycles. The predicted molar refractivity (Wildman–Crippen MR) is 71.8 cm³/mol. The Balaban J connectivity index is 1.93. The van der Waals surface area contributed by atoms with Gasteiger partial charge in [-0.1, -0.05) is 6.07 Å². The molecular weight excluding hydrogens is 262 g/mol. The summed E-state index contributed by atoms with van der Waals surface area (Å²) in [7, 11) is 0. The molecule has 2 atom stereocenters. The van der Waals surface area contributed by atoms with Crippen LogP contribution >= 0.6 is 0 Å². The van der Waals surface area contributed by atoms with E-state index >= 15 is 0 Å². The van der Waals surface area contributed by atoms with Crippen LogP contribution in [0.25, 0.3) is 0 Å². The Morgan fingerprint density at radius 3 is 2.90 bits per heavy atom. The molecule has 1 fully saturated rings. The number of benzene rings is 1. The van der Waals surface area contributed by atoms with E-state index in [9.17, 15) is 9.59 Å². The number of amides is 1. The molecule has 0 saturated carbocycles. The molecule has 2 unspecified atom stereocenters. The number of carboxylic acid groups (broad SMARTS) is 1. The third kappa shape index (κ3) is 3.96. The molecule has 0 spiro atoms. The molecule has 1 aliphatic rings. The molecule has 20 heavy (non-hydrogen) atoms. The summed E-state index contributed by atoms with van der Waals surface area (Å²) in [6.07, 6.45) is 1.27. The maximum Gasteiger partial charge on any atom is 0.341 e. The van der Waals surface area contributed by atoms with Gasteiger partial charge in [-0.2, -0.15) is 0 Å². The second-order valence-electron chi connectivity index (χ2n) is 4.71. The second kappa shape index (κ2) is 6.38. The fourth-order valence-corrected chi connectivity index (χ4v) is 2.03. The SMILES string of the molecule is CC1CCC(C(=O)Nc2cccc(OCC(=O)O)c2)O1. The van der Waals surface area contributed by atoms with E-state index in [1.54, 1.807) is 24.3 Å². The number of carbonyl (C=O) groups is 2.